The lowest BCUT2D eigenvalue weighted by Crippen LogP contribution is -2.33. The first-order valence-corrected chi connectivity index (χ1v) is 9.61. The average molecular weight is 394 g/mol. The van der Waals surface area contributed by atoms with Crippen LogP contribution in [0.25, 0.3) is 16.6 Å². The molecule has 1 unspecified atom stereocenters. The lowest BCUT2D eigenvalue weighted by molar-refractivity contribution is -0.0497. The highest BCUT2D eigenvalue weighted by Crippen LogP contribution is 2.43. The highest BCUT2D eigenvalue weighted by Gasteiger charge is 2.31. The molecule has 5 nitrogen and oxygen atoms in total. The third-order valence-corrected chi connectivity index (χ3v) is 5.65. The van der Waals surface area contributed by atoms with E-state index in [9.17, 15) is 19.3 Å². The van der Waals surface area contributed by atoms with Crippen molar-refractivity contribution < 1.29 is 13.5 Å². The van der Waals surface area contributed by atoms with Gasteiger partial charge in [-0.1, -0.05) is 12.2 Å². The van der Waals surface area contributed by atoms with Gasteiger partial charge in [-0.2, -0.15) is 19.3 Å². The van der Waals surface area contributed by atoms with Crippen LogP contribution in [0, 0.1) is 22.7 Å². The van der Waals surface area contributed by atoms with Crippen molar-refractivity contribution in [2.75, 3.05) is 6.54 Å². The molecule has 0 bridgehead atoms. The number of hydrogen-bond donors (Lipinski definition) is 0. The highest BCUT2D eigenvalue weighted by atomic mass is 19.3. The normalized spacial score (nSPS) is 17.6. The third kappa shape index (κ3) is 3.23. The van der Waals surface area contributed by atoms with E-state index in [1.807, 2.05) is 30.1 Å². The van der Waals surface area contributed by atoms with Crippen LogP contribution in [0.2, 0.25) is 0 Å². The maximum atomic E-state index is 12.7. The van der Waals surface area contributed by atoms with Crippen LogP contribution in [0.5, 0.6) is 5.75 Å². The van der Waals surface area contributed by atoms with Gasteiger partial charge >= 0.3 is 6.61 Å². The number of nitrogens with zero attached hydrogens (tertiary/aromatic N) is 4. The number of aromatic nitrogens is 1. The number of halogens is 2. The summed E-state index contributed by atoms with van der Waals surface area (Å²) in [5.41, 5.74) is 2.75. The van der Waals surface area contributed by atoms with Crippen LogP contribution in [-0.4, -0.2) is 28.7 Å². The number of ether oxygens (including phenoxy) is 1. The average Bonchev–Trinajstić information content (AvgIpc) is 2.99. The Morgan fingerprint density at radius 1 is 1.24 bits per heavy atom. The molecule has 1 saturated carbocycles. The van der Waals surface area contributed by atoms with E-state index < -0.39 is 6.61 Å². The fourth-order valence-electron chi connectivity index (χ4n) is 4.03. The van der Waals surface area contributed by atoms with Crippen molar-refractivity contribution in [1.82, 2.24) is 9.47 Å². The molecule has 0 spiro atoms. The van der Waals surface area contributed by atoms with Gasteiger partial charge in [-0.25, -0.2) is 0 Å². The van der Waals surface area contributed by atoms with Gasteiger partial charge in [0, 0.05) is 24.0 Å². The Morgan fingerprint density at radius 2 is 2.03 bits per heavy atom. The van der Waals surface area contributed by atoms with Crippen LogP contribution in [0.1, 0.15) is 43.5 Å². The first kappa shape index (κ1) is 19.0. The monoisotopic (exact) mass is 394 g/mol. The molecular weight excluding hydrogens is 374 g/mol. The largest absolute Gasteiger partial charge is 0.435 e. The quantitative estimate of drug-likeness (QED) is 0.719. The number of fused-ring (bicyclic) bond motifs is 1. The summed E-state index contributed by atoms with van der Waals surface area (Å²) in [4.78, 5) is 1.96. The number of alkyl halides is 2. The fraction of sp³-hybridized carbons (Fsp3) is 0.364. The molecule has 0 N–H and O–H groups in total. The van der Waals surface area contributed by atoms with Crippen molar-refractivity contribution >= 4 is 16.6 Å². The number of allylic oxidation sites excluding steroid dienone is 2. The van der Waals surface area contributed by atoms with Crippen molar-refractivity contribution in [2.24, 2.45) is 0 Å². The van der Waals surface area contributed by atoms with E-state index in [-0.39, 0.29) is 17.8 Å². The number of hydrogen-bond acceptors (Lipinski definition) is 4. The van der Waals surface area contributed by atoms with Crippen LogP contribution in [0.3, 0.4) is 0 Å². The molecule has 1 atom stereocenters. The van der Waals surface area contributed by atoms with Gasteiger partial charge in [0.2, 0.25) is 0 Å². The van der Waals surface area contributed by atoms with Crippen molar-refractivity contribution in [1.29, 1.82) is 10.5 Å². The number of benzene rings is 1. The summed E-state index contributed by atoms with van der Waals surface area (Å²) in [6, 6.07) is 9.11. The predicted octanol–water partition coefficient (Wildman–Crippen LogP) is 4.96. The zero-order valence-corrected chi connectivity index (χ0v) is 16.0. The Hall–Kier alpha value is -3.32. The van der Waals surface area contributed by atoms with Gasteiger partial charge in [0.25, 0.3) is 0 Å². The SMILES string of the molecule is CC(C#N)N1CC=CC=C1c1c(C#N)c2ccc(OC(F)F)cc2n1C1CCC1. The molecule has 148 valence electrons. The van der Waals surface area contributed by atoms with E-state index in [1.165, 1.54) is 6.07 Å². The summed E-state index contributed by atoms with van der Waals surface area (Å²) in [7, 11) is 0. The molecule has 2 aliphatic rings. The minimum atomic E-state index is -2.91. The van der Waals surface area contributed by atoms with Gasteiger partial charge in [0.1, 0.15) is 17.9 Å². The zero-order chi connectivity index (χ0) is 20.5. The summed E-state index contributed by atoms with van der Waals surface area (Å²) in [5, 5.41) is 20.2. The van der Waals surface area contributed by atoms with E-state index in [1.54, 1.807) is 12.1 Å². The standard InChI is InChI=1S/C22H20F2N4O/c1-14(12-25)27-10-3-2-7-19(27)21-18(13-26)17-9-8-16(29-22(23)24)11-20(17)28(21)15-5-4-6-15/h2-3,7-9,11,14-15,22H,4-6,10H2,1H3. The molecule has 0 saturated heterocycles. The molecule has 7 heteroatoms. The summed E-state index contributed by atoms with van der Waals surface area (Å²) in [5.74, 6) is 0.0707. The molecule has 0 amide bonds. The zero-order valence-electron chi connectivity index (χ0n) is 16.0. The van der Waals surface area contributed by atoms with Gasteiger partial charge < -0.3 is 14.2 Å². The Labute approximate surface area is 167 Å². The molecule has 1 fully saturated rings. The highest BCUT2D eigenvalue weighted by molar-refractivity contribution is 5.94. The van der Waals surface area contributed by atoms with Gasteiger partial charge in [0.05, 0.1) is 28.5 Å². The van der Waals surface area contributed by atoms with Gasteiger partial charge in [-0.3, -0.25) is 0 Å². The first-order valence-electron chi connectivity index (χ1n) is 9.61. The Balaban J connectivity index is 1.97. The second-order valence-electron chi connectivity index (χ2n) is 7.29. The van der Waals surface area contributed by atoms with Crippen molar-refractivity contribution in [2.45, 2.75) is 44.9 Å². The van der Waals surface area contributed by atoms with Crippen LogP contribution < -0.4 is 4.74 Å². The molecule has 1 aliphatic heterocycles. The van der Waals surface area contributed by atoms with E-state index in [0.29, 0.717) is 23.0 Å². The Morgan fingerprint density at radius 3 is 2.66 bits per heavy atom. The number of rotatable bonds is 5. The lowest BCUT2D eigenvalue weighted by atomic mass is 9.92. The molecule has 4 rings (SSSR count). The minimum Gasteiger partial charge on any atom is -0.435 e. The Bertz CT molecular complexity index is 1080. The minimum absolute atomic E-state index is 0.0707. The van der Waals surface area contributed by atoms with Crippen LogP contribution >= 0.6 is 0 Å². The van der Waals surface area contributed by atoms with Gasteiger partial charge in [-0.15, -0.1) is 0 Å². The lowest BCUT2D eigenvalue weighted by Gasteiger charge is -2.35. The van der Waals surface area contributed by atoms with E-state index in [0.717, 1.165) is 30.7 Å². The molecule has 29 heavy (non-hydrogen) atoms. The van der Waals surface area contributed by atoms with Gasteiger partial charge in [0.15, 0.2) is 0 Å². The summed E-state index contributed by atoms with van der Waals surface area (Å²) in [6.45, 7) is -0.519. The second kappa shape index (κ2) is 7.60. The smallest absolute Gasteiger partial charge is 0.387 e. The molecule has 1 aromatic heterocycles. The fourth-order valence-corrected chi connectivity index (χ4v) is 4.03. The summed E-state index contributed by atoms with van der Waals surface area (Å²) >= 11 is 0. The van der Waals surface area contributed by atoms with Crippen molar-refractivity contribution in [3.63, 3.8) is 0 Å². The van der Waals surface area contributed by atoms with Crippen molar-refractivity contribution in [3.05, 3.63) is 47.7 Å². The summed E-state index contributed by atoms with van der Waals surface area (Å²) < 4.78 is 32.2. The van der Waals surface area contributed by atoms with Gasteiger partial charge in [-0.05, 0) is 44.4 Å². The second-order valence-corrected chi connectivity index (χ2v) is 7.29. The maximum absolute atomic E-state index is 12.7. The topological polar surface area (TPSA) is 65.0 Å². The first-order chi connectivity index (χ1) is 14.0. The van der Waals surface area contributed by atoms with Crippen LogP contribution in [-0.2, 0) is 0 Å². The molecule has 1 aromatic carbocycles. The Kier molecular flexibility index (Phi) is 4.98. The van der Waals surface area contributed by atoms with E-state index in [4.69, 9.17) is 0 Å². The van der Waals surface area contributed by atoms with Crippen LogP contribution in [0.4, 0.5) is 8.78 Å². The molecule has 1 aliphatic carbocycles. The number of nitriles is 2. The maximum Gasteiger partial charge on any atom is 0.387 e. The van der Waals surface area contributed by atoms with E-state index >= 15 is 0 Å². The summed E-state index contributed by atoms with van der Waals surface area (Å²) in [6.07, 6.45) is 8.80. The molecular formula is C22H20F2N4O. The molecule has 2 heterocycles. The van der Waals surface area contributed by atoms with Crippen molar-refractivity contribution in [3.8, 4) is 17.9 Å². The third-order valence-electron chi connectivity index (χ3n) is 5.65. The van der Waals surface area contributed by atoms with Crippen LogP contribution in [0.15, 0.2) is 36.4 Å². The molecule has 2 aromatic rings. The van der Waals surface area contributed by atoms with E-state index in [2.05, 4.69) is 21.4 Å². The molecule has 0 radical (unpaired) electrons. The predicted molar refractivity (Wildman–Crippen MR) is 105 cm³/mol.